The standard InChI is InChI=1S/C23H30N6/c1-15-11-21(18-10-16(2)23-19(12-18)14-28(4)27-23)25-13-22(15)26-17(3)29(5)20-6-8-24-9-7-20/h10-14,20,24H,6-9H2,1-5H3. The summed E-state index contributed by atoms with van der Waals surface area (Å²) in [6.07, 6.45) is 6.27. The van der Waals surface area contributed by atoms with Crippen LogP contribution in [0, 0.1) is 13.8 Å². The first kappa shape index (κ1) is 19.6. The molecular formula is C23H30N6. The average molecular weight is 391 g/mol. The molecule has 1 aliphatic rings. The second-order valence-corrected chi connectivity index (χ2v) is 8.14. The number of rotatable bonds is 3. The molecule has 1 aromatic carbocycles. The van der Waals surface area contributed by atoms with Gasteiger partial charge in [-0.25, -0.2) is 4.99 Å². The van der Waals surface area contributed by atoms with Crippen molar-refractivity contribution in [1.29, 1.82) is 0 Å². The first-order valence-electron chi connectivity index (χ1n) is 10.3. The van der Waals surface area contributed by atoms with Gasteiger partial charge in [-0.3, -0.25) is 9.67 Å². The number of nitrogens with one attached hydrogen (secondary N) is 1. The molecule has 0 bridgehead atoms. The molecule has 29 heavy (non-hydrogen) atoms. The Labute approximate surface area is 172 Å². The molecule has 0 amide bonds. The van der Waals surface area contributed by atoms with Crippen molar-refractivity contribution < 1.29 is 0 Å². The van der Waals surface area contributed by atoms with Crippen molar-refractivity contribution in [2.45, 2.75) is 39.7 Å². The van der Waals surface area contributed by atoms with Crippen molar-refractivity contribution >= 4 is 22.4 Å². The van der Waals surface area contributed by atoms with Crippen LogP contribution in [0.25, 0.3) is 22.2 Å². The molecular weight excluding hydrogens is 360 g/mol. The second-order valence-electron chi connectivity index (χ2n) is 8.14. The van der Waals surface area contributed by atoms with Crippen LogP contribution in [-0.4, -0.2) is 51.7 Å². The maximum atomic E-state index is 4.89. The van der Waals surface area contributed by atoms with E-state index in [1.54, 1.807) is 0 Å². The van der Waals surface area contributed by atoms with Gasteiger partial charge in [-0.1, -0.05) is 0 Å². The second kappa shape index (κ2) is 7.95. The molecule has 1 fully saturated rings. The molecule has 0 atom stereocenters. The lowest BCUT2D eigenvalue weighted by molar-refractivity contribution is 0.288. The van der Waals surface area contributed by atoms with Gasteiger partial charge < -0.3 is 10.2 Å². The van der Waals surface area contributed by atoms with Crippen LogP contribution in [0.3, 0.4) is 0 Å². The van der Waals surface area contributed by atoms with Crippen molar-refractivity contribution in [1.82, 2.24) is 25.0 Å². The fourth-order valence-electron chi connectivity index (χ4n) is 4.11. The molecule has 0 radical (unpaired) electrons. The number of pyridine rings is 1. The third-order valence-corrected chi connectivity index (χ3v) is 5.94. The fraction of sp³-hybridized carbons (Fsp3) is 0.435. The molecule has 1 N–H and O–H groups in total. The molecule has 0 spiro atoms. The van der Waals surface area contributed by atoms with Gasteiger partial charge in [-0.2, -0.15) is 5.10 Å². The number of benzene rings is 1. The third kappa shape index (κ3) is 4.03. The summed E-state index contributed by atoms with van der Waals surface area (Å²) in [6, 6.07) is 7.02. The minimum atomic E-state index is 0.557. The van der Waals surface area contributed by atoms with E-state index in [1.165, 1.54) is 5.56 Å². The van der Waals surface area contributed by atoms with Crippen LogP contribution in [0.1, 0.15) is 30.9 Å². The van der Waals surface area contributed by atoms with E-state index in [2.05, 4.69) is 67.5 Å². The van der Waals surface area contributed by atoms with Crippen LogP contribution in [0.4, 0.5) is 5.69 Å². The highest BCUT2D eigenvalue weighted by Crippen LogP contribution is 2.28. The Hall–Kier alpha value is -2.73. The van der Waals surface area contributed by atoms with E-state index in [-0.39, 0.29) is 0 Å². The Morgan fingerprint density at radius 3 is 2.66 bits per heavy atom. The van der Waals surface area contributed by atoms with Gasteiger partial charge in [-0.15, -0.1) is 0 Å². The Morgan fingerprint density at radius 2 is 1.93 bits per heavy atom. The van der Waals surface area contributed by atoms with E-state index in [0.29, 0.717) is 6.04 Å². The molecule has 152 valence electrons. The van der Waals surface area contributed by atoms with Gasteiger partial charge in [0.15, 0.2) is 0 Å². The fourth-order valence-corrected chi connectivity index (χ4v) is 4.11. The monoisotopic (exact) mass is 390 g/mol. The Kier molecular flexibility index (Phi) is 5.37. The number of nitrogens with zero attached hydrogens (tertiary/aromatic N) is 5. The van der Waals surface area contributed by atoms with Crippen molar-refractivity contribution in [3.63, 3.8) is 0 Å². The van der Waals surface area contributed by atoms with Crippen molar-refractivity contribution in [3.8, 4) is 11.3 Å². The van der Waals surface area contributed by atoms with Crippen LogP contribution >= 0.6 is 0 Å². The van der Waals surface area contributed by atoms with Crippen LogP contribution in [0.5, 0.6) is 0 Å². The molecule has 1 saturated heterocycles. The number of hydrogen-bond acceptors (Lipinski definition) is 4. The third-order valence-electron chi connectivity index (χ3n) is 5.94. The number of hydrogen-bond donors (Lipinski definition) is 1. The lowest BCUT2D eigenvalue weighted by Crippen LogP contribution is -2.43. The lowest BCUT2D eigenvalue weighted by Gasteiger charge is -2.33. The number of fused-ring (bicyclic) bond motifs is 1. The first-order valence-corrected chi connectivity index (χ1v) is 10.3. The molecule has 3 heterocycles. The molecule has 6 heteroatoms. The van der Waals surface area contributed by atoms with Crippen molar-refractivity contribution in [3.05, 3.63) is 41.7 Å². The number of aliphatic imine (C=N–C) groups is 1. The molecule has 0 saturated carbocycles. The highest BCUT2D eigenvalue weighted by Gasteiger charge is 2.18. The topological polar surface area (TPSA) is 58.3 Å². The largest absolute Gasteiger partial charge is 0.360 e. The minimum Gasteiger partial charge on any atom is -0.360 e. The zero-order valence-electron chi connectivity index (χ0n) is 18.0. The van der Waals surface area contributed by atoms with Crippen molar-refractivity contribution in [2.75, 3.05) is 20.1 Å². The molecule has 0 unspecified atom stereocenters. The van der Waals surface area contributed by atoms with E-state index in [1.807, 2.05) is 17.9 Å². The smallest absolute Gasteiger partial charge is 0.102 e. The van der Waals surface area contributed by atoms with Crippen molar-refractivity contribution in [2.24, 2.45) is 12.0 Å². The summed E-state index contributed by atoms with van der Waals surface area (Å²) in [7, 11) is 4.11. The molecule has 3 aromatic rings. The maximum Gasteiger partial charge on any atom is 0.102 e. The Balaban J connectivity index is 1.61. The van der Waals surface area contributed by atoms with Crippen LogP contribution in [-0.2, 0) is 7.05 Å². The predicted octanol–water partition coefficient (Wildman–Crippen LogP) is 3.99. The van der Waals surface area contributed by atoms with Gasteiger partial charge in [0.2, 0.25) is 0 Å². The summed E-state index contributed by atoms with van der Waals surface area (Å²) < 4.78 is 1.86. The molecule has 2 aromatic heterocycles. The summed E-state index contributed by atoms with van der Waals surface area (Å²) in [5, 5.41) is 9.10. The number of amidine groups is 1. The first-order chi connectivity index (χ1) is 13.9. The highest BCUT2D eigenvalue weighted by atomic mass is 15.2. The van der Waals surface area contributed by atoms with E-state index >= 15 is 0 Å². The van der Waals surface area contributed by atoms with E-state index < -0.39 is 0 Å². The number of aromatic nitrogens is 3. The SMILES string of the molecule is CC(=Nc1cnc(-c2cc(C)c3nn(C)cc3c2)cc1C)N(C)C1CCNCC1. The van der Waals surface area contributed by atoms with Gasteiger partial charge in [0.05, 0.1) is 23.1 Å². The summed E-state index contributed by atoms with van der Waals surface area (Å²) >= 11 is 0. The van der Waals surface area contributed by atoms with E-state index in [0.717, 1.165) is 65.2 Å². The van der Waals surface area contributed by atoms with E-state index in [9.17, 15) is 0 Å². The van der Waals surface area contributed by atoms with Crippen LogP contribution < -0.4 is 5.32 Å². The quantitative estimate of drug-likeness (QED) is 0.543. The Morgan fingerprint density at radius 1 is 1.17 bits per heavy atom. The Bertz CT molecular complexity index is 1060. The zero-order chi connectivity index (χ0) is 20.5. The molecule has 4 rings (SSSR count). The van der Waals surface area contributed by atoms with Gasteiger partial charge in [0.25, 0.3) is 0 Å². The summed E-state index contributed by atoms with van der Waals surface area (Å²) in [6.45, 7) is 8.47. The van der Waals surface area contributed by atoms with E-state index in [4.69, 9.17) is 9.98 Å². The summed E-state index contributed by atoms with van der Waals surface area (Å²) in [4.78, 5) is 11.9. The summed E-state index contributed by atoms with van der Waals surface area (Å²) in [5.74, 6) is 1.04. The normalized spacial score (nSPS) is 15.8. The molecule has 0 aliphatic carbocycles. The molecule has 1 aliphatic heterocycles. The number of piperidine rings is 1. The lowest BCUT2D eigenvalue weighted by atomic mass is 10.0. The number of aryl methyl sites for hydroxylation is 3. The molecule has 6 nitrogen and oxygen atoms in total. The van der Waals surface area contributed by atoms with Gasteiger partial charge in [0, 0.05) is 37.3 Å². The highest BCUT2D eigenvalue weighted by molar-refractivity contribution is 5.87. The summed E-state index contributed by atoms with van der Waals surface area (Å²) in [5.41, 5.74) is 6.37. The van der Waals surface area contributed by atoms with Crippen LogP contribution in [0.15, 0.2) is 35.6 Å². The minimum absolute atomic E-state index is 0.557. The predicted molar refractivity (Wildman–Crippen MR) is 120 cm³/mol. The van der Waals surface area contributed by atoms with Gasteiger partial charge in [-0.05, 0) is 76.0 Å². The zero-order valence-corrected chi connectivity index (χ0v) is 18.0. The van der Waals surface area contributed by atoms with Gasteiger partial charge >= 0.3 is 0 Å². The van der Waals surface area contributed by atoms with Crippen LogP contribution in [0.2, 0.25) is 0 Å². The average Bonchev–Trinajstić information content (AvgIpc) is 3.10. The van der Waals surface area contributed by atoms with Gasteiger partial charge in [0.1, 0.15) is 5.84 Å². The maximum absolute atomic E-state index is 4.89.